The number of rotatable bonds is 6. The molecule has 0 radical (unpaired) electrons. The number of Topliss-reactive ketones (excluding diaryl/α,β-unsaturated/α-hetero) is 1. The standard InChI is InChI=1S/C24H27NO5/c1-25-14-18(10-16-12-20(27-2)6-8-22(16)29-4)24(26)19(15-25)11-17-13-21(28-3)7-9-23(17)30-5/h6-13H,14-15H2,1-5H3/b18-10+,19-11+. The highest BCUT2D eigenvalue weighted by Crippen LogP contribution is 2.30. The molecular weight excluding hydrogens is 382 g/mol. The minimum atomic E-state index is 0.00264. The quantitative estimate of drug-likeness (QED) is 0.678. The van der Waals surface area contributed by atoms with Gasteiger partial charge in [0.15, 0.2) is 5.78 Å². The first-order chi connectivity index (χ1) is 14.5. The fourth-order valence-corrected chi connectivity index (χ4v) is 3.49. The van der Waals surface area contributed by atoms with Crippen molar-refractivity contribution in [2.45, 2.75) is 0 Å². The number of piperidine rings is 1. The molecular formula is C24H27NO5. The van der Waals surface area contributed by atoms with E-state index in [0.717, 1.165) is 11.1 Å². The van der Waals surface area contributed by atoms with Crippen LogP contribution in [0.25, 0.3) is 12.2 Å². The zero-order chi connectivity index (χ0) is 21.7. The monoisotopic (exact) mass is 409 g/mol. The van der Waals surface area contributed by atoms with Crippen molar-refractivity contribution in [3.05, 3.63) is 58.7 Å². The van der Waals surface area contributed by atoms with Crippen molar-refractivity contribution in [3.63, 3.8) is 0 Å². The molecule has 158 valence electrons. The van der Waals surface area contributed by atoms with Gasteiger partial charge in [-0.05, 0) is 55.6 Å². The number of ketones is 1. The number of likely N-dealkylation sites (tertiary alicyclic amines) is 1. The summed E-state index contributed by atoms with van der Waals surface area (Å²) < 4.78 is 21.6. The third kappa shape index (κ3) is 4.66. The van der Waals surface area contributed by atoms with Crippen LogP contribution in [-0.4, -0.2) is 59.3 Å². The largest absolute Gasteiger partial charge is 0.497 e. The van der Waals surface area contributed by atoms with Crippen molar-refractivity contribution >= 4 is 17.9 Å². The highest BCUT2D eigenvalue weighted by Gasteiger charge is 2.25. The second kappa shape index (κ2) is 9.50. The Morgan fingerprint density at radius 3 is 1.53 bits per heavy atom. The smallest absolute Gasteiger partial charge is 0.187 e. The Bertz CT molecular complexity index is 916. The lowest BCUT2D eigenvalue weighted by atomic mass is 9.94. The lowest BCUT2D eigenvalue weighted by Crippen LogP contribution is -2.34. The summed E-state index contributed by atoms with van der Waals surface area (Å²) in [5.41, 5.74) is 2.97. The molecule has 0 aromatic heterocycles. The first kappa shape index (κ1) is 21.5. The van der Waals surface area contributed by atoms with Crippen molar-refractivity contribution in [1.82, 2.24) is 4.90 Å². The van der Waals surface area contributed by atoms with E-state index in [1.807, 2.05) is 55.6 Å². The van der Waals surface area contributed by atoms with Gasteiger partial charge in [0, 0.05) is 35.4 Å². The molecule has 0 aliphatic carbocycles. The van der Waals surface area contributed by atoms with Crippen LogP contribution in [0.4, 0.5) is 0 Å². The molecule has 6 heteroatoms. The third-order valence-corrected chi connectivity index (χ3v) is 5.00. The van der Waals surface area contributed by atoms with Gasteiger partial charge >= 0.3 is 0 Å². The maximum atomic E-state index is 13.3. The molecule has 2 aromatic rings. The maximum absolute atomic E-state index is 13.3. The molecule has 0 amide bonds. The predicted molar refractivity (Wildman–Crippen MR) is 118 cm³/mol. The van der Waals surface area contributed by atoms with E-state index in [9.17, 15) is 4.79 Å². The van der Waals surface area contributed by atoms with Gasteiger partial charge in [-0.3, -0.25) is 9.69 Å². The van der Waals surface area contributed by atoms with Crippen LogP contribution >= 0.6 is 0 Å². The van der Waals surface area contributed by atoms with Gasteiger partial charge < -0.3 is 18.9 Å². The molecule has 0 atom stereocenters. The molecule has 6 nitrogen and oxygen atoms in total. The fraction of sp³-hybridized carbons (Fsp3) is 0.292. The summed E-state index contributed by atoms with van der Waals surface area (Å²) in [5.74, 6) is 2.78. The van der Waals surface area contributed by atoms with Crippen LogP contribution < -0.4 is 18.9 Å². The molecule has 0 saturated carbocycles. The lowest BCUT2D eigenvalue weighted by Gasteiger charge is -2.26. The molecule has 1 aliphatic rings. The normalized spacial score (nSPS) is 17.3. The average molecular weight is 409 g/mol. The Morgan fingerprint density at radius 2 is 1.17 bits per heavy atom. The van der Waals surface area contributed by atoms with E-state index in [0.29, 0.717) is 47.2 Å². The summed E-state index contributed by atoms with van der Waals surface area (Å²) in [6.45, 7) is 1.09. The molecule has 0 bridgehead atoms. The molecule has 1 heterocycles. The van der Waals surface area contributed by atoms with Crippen molar-refractivity contribution < 1.29 is 23.7 Å². The lowest BCUT2D eigenvalue weighted by molar-refractivity contribution is -0.113. The molecule has 0 spiro atoms. The van der Waals surface area contributed by atoms with Gasteiger partial charge in [-0.2, -0.15) is 0 Å². The van der Waals surface area contributed by atoms with Crippen molar-refractivity contribution in [2.75, 3.05) is 48.6 Å². The highest BCUT2D eigenvalue weighted by molar-refractivity contribution is 6.14. The molecule has 1 aliphatic heterocycles. The van der Waals surface area contributed by atoms with Crippen LogP contribution in [0.15, 0.2) is 47.5 Å². The van der Waals surface area contributed by atoms with Crippen LogP contribution in [0.1, 0.15) is 11.1 Å². The number of ether oxygens (including phenoxy) is 4. The Morgan fingerprint density at radius 1 is 0.733 bits per heavy atom. The number of benzene rings is 2. The Kier molecular flexibility index (Phi) is 6.79. The SMILES string of the molecule is COc1ccc(OC)c(/C=C2\CN(C)C/C(=C\c3cc(OC)ccc3OC)C2=O)c1. The van der Waals surface area contributed by atoms with E-state index in [1.165, 1.54) is 0 Å². The third-order valence-electron chi connectivity index (χ3n) is 5.00. The van der Waals surface area contributed by atoms with Gasteiger partial charge in [0.1, 0.15) is 23.0 Å². The first-order valence-corrected chi connectivity index (χ1v) is 9.57. The van der Waals surface area contributed by atoms with Gasteiger partial charge in [0.2, 0.25) is 0 Å². The Balaban J connectivity index is 2.02. The molecule has 0 unspecified atom stereocenters. The van der Waals surface area contributed by atoms with Gasteiger partial charge in [-0.15, -0.1) is 0 Å². The molecule has 0 N–H and O–H groups in total. The molecule has 3 rings (SSSR count). The zero-order valence-corrected chi connectivity index (χ0v) is 18.0. The molecule has 1 fully saturated rings. The van der Waals surface area contributed by atoms with Crippen molar-refractivity contribution in [1.29, 1.82) is 0 Å². The number of likely N-dealkylation sites (N-methyl/N-ethyl adjacent to an activating group) is 1. The number of nitrogens with zero attached hydrogens (tertiary/aromatic N) is 1. The van der Waals surface area contributed by atoms with Crippen LogP contribution in [-0.2, 0) is 4.79 Å². The number of hydrogen-bond acceptors (Lipinski definition) is 6. The van der Waals surface area contributed by atoms with Crippen LogP contribution in [0.3, 0.4) is 0 Å². The number of hydrogen-bond donors (Lipinski definition) is 0. The molecule has 1 saturated heterocycles. The Hall–Kier alpha value is -3.25. The van der Waals surface area contributed by atoms with Gasteiger partial charge in [-0.25, -0.2) is 0 Å². The number of carbonyl (C=O) groups excluding carboxylic acids is 1. The zero-order valence-electron chi connectivity index (χ0n) is 18.0. The fourth-order valence-electron chi connectivity index (χ4n) is 3.49. The van der Waals surface area contributed by atoms with E-state index in [2.05, 4.69) is 4.90 Å². The van der Waals surface area contributed by atoms with E-state index in [4.69, 9.17) is 18.9 Å². The molecule has 30 heavy (non-hydrogen) atoms. The van der Waals surface area contributed by atoms with Crippen LogP contribution in [0.5, 0.6) is 23.0 Å². The summed E-state index contributed by atoms with van der Waals surface area (Å²) in [6, 6.07) is 11.1. The average Bonchev–Trinajstić information content (AvgIpc) is 2.76. The van der Waals surface area contributed by atoms with Gasteiger partial charge in [0.05, 0.1) is 28.4 Å². The predicted octanol–water partition coefficient (Wildman–Crippen LogP) is 3.70. The van der Waals surface area contributed by atoms with E-state index >= 15 is 0 Å². The summed E-state index contributed by atoms with van der Waals surface area (Å²) in [4.78, 5) is 15.4. The van der Waals surface area contributed by atoms with Crippen molar-refractivity contribution in [2.24, 2.45) is 0 Å². The van der Waals surface area contributed by atoms with Gasteiger partial charge in [-0.1, -0.05) is 0 Å². The van der Waals surface area contributed by atoms with E-state index < -0.39 is 0 Å². The van der Waals surface area contributed by atoms with E-state index in [-0.39, 0.29) is 5.78 Å². The number of carbonyl (C=O) groups is 1. The summed E-state index contributed by atoms with van der Waals surface area (Å²) in [7, 11) is 8.43. The van der Waals surface area contributed by atoms with Gasteiger partial charge in [0.25, 0.3) is 0 Å². The van der Waals surface area contributed by atoms with Crippen LogP contribution in [0, 0.1) is 0 Å². The second-order valence-electron chi connectivity index (χ2n) is 7.06. The minimum Gasteiger partial charge on any atom is -0.497 e. The van der Waals surface area contributed by atoms with E-state index in [1.54, 1.807) is 28.4 Å². The topological polar surface area (TPSA) is 57.2 Å². The summed E-state index contributed by atoms with van der Waals surface area (Å²) >= 11 is 0. The van der Waals surface area contributed by atoms with Crippen LogP contribution in [0.2, 0.25) is 0 Å². The summed E-state index contributed by atoms with van der Waals surface area (Å²) in [6.07, 6.45) is 3.74. The highest BCUT2D eigenvalue weighted by atomic mass is 16.5. The molecule has 2 aromatic carbocycles. The summed E-state index contributed by atoms with van der Waals surface area (Å²) in [5, 5.41) is 0. The maximum Gasteiger partial charge on any atom is 0.187 e. The number of methoxy groups -OCH3 is 4. The first-order valence-electron chi connectivity index (χ1n) is 9.57. The second-order valence-corrected chi connectivity index (χ2v) is 7.06. The minimum absolute atomic E-state index is 0.00264. The van der Waals surface area contributed by atoms with Crippen molar-refractivity contribution in [3.8, 4) is 23.0 Å². The Labute approximate surface area is 177 Å².